The quantitative estimate of drug-likeness (QED) is 0.396. The topological polar surface area (TPSA) is 85.3 Å². The number of carbonyl (C=O) groups is 2. The van der Waals surface area contributed by atoms with E-state index in [1.54, 1.807) is 17.0 Å². The zero-order chi connectivity index (χ0) is 27.1. The van der Waals surface area contributed by atoms with E-state index in [-0.39, 0.29) is 35.5 Å². The second-order valence-corrected chi connectivity index (χ2v) is 8.80. The molecule has 1 heterocycles. The highest BCUT2D eigenvalue weighted by Crippen LogP contribution is 2.29. The summed E-state index contributed by atoms with van der Waals surface area (Å²) < 4.78 is 52.6. The van der Waals surface area contributed by atoms with Gasteiger partial charge in [-0.1, -0.05) is 42.5 Å². The van der Waals surface area contributed by atoms with E-state index in [9.17, 15) is 27.9 Å². The Morgan fingerprint density at radius 1 is 0.895 bits per heavy atom. The van der Waals surface area contributed by atoms with Crippen LogP contribution in [0.2, 0.25) is 0 Å². The molecule has 1 aliphatic heterocycles. The number of halogens is 3. The normalized spacial score (nSPS) is 14.1. The summed E-state index contributed by atoms with van der Waals surface area (Å²) in [5, 5.41) is 9.58. The number of hydrogen-bond acceptors (Lipinski definition) is 5. The maximum Gasteiger partial charge on any atom is 0.573 e. The zero-order valence-corrected chi connectivity index (χ0v) is 20.3. The molecule has 1 N–H and O–H groups in total. The van der Waals surface area contributed by atoms with E-state index in [1.165, 1.54) is 30.3 Å². The predicted molar refractivity (Wildman–Crippen MR) is 131 cm³/mol. The lowest BCUT2D eigenvalue weighted by atomic mass is 10.1. The molecule has 0 radical (unpaired) electrons. The lowest BCUT2D eigenvalue weighted by Gasteiger charge is -2.32. The average Bonchev–Trinajstić information content (AvgIpc) is 2.89. The van der Waals surface area contributed by atoms with Crippen LogP contribution >= 0.6 is 0 Å². The largest absolute Gasteiger partial charge is 0.573 e. The molecule has 0 spiro atoms. The van der Waals surface area contributed by atoms with Crippen LogP contribution in [0.25, 0.3) is 0 Å². The lowest BCUT2D eigenvalue weighted by molar-refractivity contribution is -0.274. The molecule has 0 unspecified atom stereocenters. The van der Waals surface area contributed by atoms with Gasteiger partial charge in [0.25, 0.3) is 0 Å². The number of carboxylic acid groups (broad SMARTS) is 1. The van der Waals surface area contributed by atoms with Crippen molar-refractivity contribution in [2.75, 3.05) is 13.1 Å². The van der Waals surface area contributed by atoms with Crippen LogP contribution < -0.4 is 14.2 Å². The van der Waals surface area contributed by atoms with Crippen LogP contribution in [0, 0.1) is 0 Å². The van der Waals surface area contributed by atoms with Crippen molar-refractivity contribution in [2.24, 2.45) is 0 Å². The van der Waals surface area contributed by atoms with Crippen molar-refractivity contribution in [3.05, 3.63) is 89.5 Å². The second kappa shape index (κ2) is 11.9. The first-order valence-electron chi connectivity index (χ1n) is 12.0. The van der Waals surface area contributed by atoms with E-state index >= 15 is 0 Å². The molecule has 3 aromatic rings. The predicted octanol–water partition coefficient (Wildman–Crippen LogP) is 5.47. The molecule has 0 aliphatic carbocycles. The summed E-state index contributed by atoms with van der Waals surface area (Å²) in [5.41, 5.74) is 1.56. The molecule has 4 rings (SSSR count). The van der Waals surface area contributed by atoms with Crippen molar-refractivity contribution in [3.63, 3.8) is 0 Å². The number of carbonyl (C=O) groups excluding carboxylic acids is 1. The van der Waals surface area contributed by atoms with Crippen molar-refractivity contribution in [1.29, 1.82) is 0 Å². The van der Waals surface area contributed by atoms with Crippen LogP contribution in [-0.2, 0) is 17.8 Å². The van der Waals surface area contributed by atoms with Gasteiger partial charge >= 0.3 is 12.3 Å². The third-order valence-electron chi connectivity index (χ3n) is 6.03. The first-order chi connectivity index (χ1) is 18.2. The van der Waals surface area contributed by atoms with Gasteiger partial charge in [0.1, 0.15) is 35.5 Å². The number of nitrogens with zero attached hydrogens (tertiary/aromatic N) is 1. The highest BCUT2D eigenvalue weighted by Gasteiger charge is 2.31. The average molecular weight is 530 g/mol. The SMILES string of the molecule is O=C(O)c1ccc(OCc2ccccc2)cc1OC1CCN(C(=O)Cc2ccc(OC(F)(F)F)cc2)CC1. The maximum atomic E-state index is 12.7. The molecule has 200 valence electrons. The van der Waals surface area contributed by atoms with Gasteiger partial charge in [-0.25, -0.2) is 4.79 Å². The van der Waals surface area contributed by atoms with Crippen molar-refractivity contribution < 1.29 is 42.1 Å². The molecule has 1 aliphatic rings. The number of piperidine rings is 1. The number of rotatable bonds is 9. The first kappa shape index (κ1) is 26.8. The Kier molecular flexibility index (Phi) is 8.40. The number of carboxylic acids is 1. The molecule has 0 aromatic heterocycles. The highest BCUT2D eigenvalue weighted by atomic mass is 19.4. The van der Waals surface area contributed by atoms with Crippen LogP contribution in [0.1, 0.15) is 34.3 Å². The first-order valence-corrected chi connectivity index (χ1v) is 12.0. The van der Waals surface area contributed by atoms with E-state index in [4.69, 9.17) is 9.47 Å². The molecular weight excluding hydrogens is 503 g/mol. The smallest absolute Gasteiger partial charge is 0.489 e. The van der Waals surface area contributed by atoms with E-state index in [0.29, 0.717) is 43.9 Å². The summed E-state index contributed by atoms with van der Waals surface area (Å²) in [6.07, 6.45) is -4.02. The summed E-state index contributed by atoms with van der Waals surface area (Å²) in [6.45, 7) is 1.14. The van der Waals surface area contributed by atoms with Gasteiger partial charge in [-0.2, -0.15) is 0 Å². The summed E-state index contributed by atoms with van der Waals surface area (Å²) in [7, 11) is 0. The molecule has 1 amide bonds. The van der Waals surface area contributed by atoms with Crippen molar-refractivity contribution in [1.82, 2.24) is 4.90 Å². The summed E-state index contributed by atoms with van der Waals surface area (Å²) in [5.74, 6) is -0.937. The number of hydrogen-bond donors (Lipinski definition) is 1. The van der Waals surface area contributed by atoms with Crippen molar-refractivity contribution in [2.45, 2.75) is 38.3 Å². The number of benzene rings is 3. The molecule has 0 bridgehead atoms. The molecule has 38 heavy (non-hydrogen) atoms. The van der Waals surface area contributed by atoms with Crippen molar-refractivity contribution >= 4 is 11.9 Å². The van der Waals surface area contributed by atoms with E-state index in [1.807, 2.05) is 30.3 Å². The molecular formula is C28H26F3NO6. The van der Waals surface area contributed by atoms with Crippen LogP contribution in [0.15, 0.2) is 72.8 Å². The van der Waals surface area contributed by atoms with Gasteiger partial charge in [0.2, 0.25) is 5.91 Å². The lowest BCUT2D eigenvalue weighted by Crippen LogP contribution is -2.42. The minimum absolute atomic E-state index is 0.0218. The third kappa shape index (κ3) is 7.64. The molecule has 10 heteroatoms. The monoisotopic (exact) mass is 529 g/mol. The van der Waals surface area contributed by atoms with Crippen LogP contribution in [0.5, 0.6) is 17.2 Å². The van der Waals surface area contributed by atoms with Gasteiger partial charge in [-0.05, 0) is 35.4 Å². The molecule has 1 saturated heterocycles. The fourth-order valence-electron chi connectivity index (χ4n) is 4.11. The van der Waals surface area contributed by atoms with E-state index in [2.05, 4.69) is 4.74 Å². The van der Waals surface area contributed by atoms with Gasteiger partial charge in [0, 0.05) is 32.0 Å². The summed E-state index contributed by atoms with van der Waals surface area (Å²) in [6, 6.07) is 19.4. The maximum absolute atomic E-state index is 12.7. The fourth-order valence-corrected chi connectivity index (χ4v) is 4.11. The Balaban J connectivity index is 1.31. The Morgan fingerprint density at radius 2 is 1.55 bits per heavy atom. The van der Waals surface area contributed by atoms with Crippen molar-refractivity contribution in [3.8, 4) is 17.2 Å². The van der Waals surface area contributed by atoms with Gasteiger partial charge in [-0.3, -0.25) is 4.79 Å². The van der Waals surface area contributed by atoms with Crippen LogP contribution in [0.4, 0.5) is 13.2 Å². The molecule has 7 nitrogen and oxygen atoms in total. The fraction of sp³-hybridized carbons (Fsp3) is 0.286. The summed E-state index contributed by atoms with van der Waals surface area (Å²) >= 11 is 0. The van der Waals surface area contributed by atoms with E-state index < -0.39 is 12.3 Å². The van der Waals surface area contributed by atoms with Crippen LogP contribution in [-0.4, -0.2) is 47.4 Å². The standard InChI is InChI=1S/C28H26F3NO6/c29-28(30,31)38-22-8-6-19(7-9-22)16-26(33)32-14-12-21(13-15-32)37-25-17-23(10-11-24(25)27(34)35)36-18-20-4-2-1-3-5-20/h1-11,17,21H,12-16,18H2,(H,34,35). The number of ether oxygens (including phenoxy) is 3. The Bertz CT molecular complexity index is 1240. The zero-order valence-electron chi connectivity index (χ0n) is 20.3. The number of alkyl halides is 3. The van der Waals surface area contributed by atoms with Crippen LogP contribution in [0.3, 0.4) is 0 Å². The highest BCUT2D eigenvalue weighted by molar-refractivity contribution is 5.91. The molecule has 0 atom stereocenters. The Labute approximate surface area is 217 Å². The minimum Gasteiger partial charge on any atom is -0.489 e. The molecule has 3 aromatic carbocycles. The van der Waals surface area contributed by atoms with Gasteiger partial charge < -0.3 is 24.2 Å². The van der Waals surface area contributed by atoms with Gasteiger partial charge in [-0.15, -0.1) is 13.2 Å². The number of amides is 1. The number of likely N-dealkylation sites (tertiary alicyclic amines) is 1. The van der Waals surface area contributed by atoms with E-state index in [0.717, 1.165) is 5.56 Å². The summed E-state index contributed by atoms with van der Waals surface area (Å²) in [4.78, 5) is 26.1. The third-order valence-corrected chi connectivity index (χ3v) is 6.03. The van der Waals surface area contributed by atoms with Gasteiger partial charge in [0.15, 0.2) is 0 Å². The molecule has 1 fully saturated rings. The molecule has 0 saturated carbocycles. The van der Waals surface area contributed by atoms with Gasteiger partial charge in [0.05, 0.1) is 6.42 Å². The second-order valence-electron chi connectivity index (χ2n) is 8.80. The minimum atomic E-state index is -4.77. The number of aromatic carboxylic acids is 1. The Morgan fingerprint density at radius 3 is 2.18 bits per heavy atom. The Hall–Kier alpha value is -4.21.